The van der Waals surface area contributed by atoms with Crippen LogP contribution in [0.3, 0.4) is 0 Å². The maximum atomic E-state index is 8.61. The fourth-order valence-corrected chi connectivity index (χ4v) is 1.52. The third-order valence-corrected chi connectivity index (χ3v) is 2.54. The molecule has 0 saturated heterocycles. The first-order chi connectivity index (χ1) is 6.22. The van der Waals surface area contributed by atoms with Crippen LogP contribution >= 0.6 is 23.4 Å². The molecule has 13 heavy (non-hydrogen) atoms. The van der Waals surface area contributed by atoms with Gasteiger partial charge in [-0.1, -0.05) is 18.2 Å². The largest absolute Gasteiger partial charge is 0.250 e. The van der Waals surface area contributed by atoms with Crippen LogP contribution in [0.25, 0.3) is 0 Å². The predicted molar refractivity (Wildman–Crippen MR) is 54.7 cm³/mol. The minimum atomic E-state index is 0.578. The number of aromatic nitrogens is 1. The molecule has 0 bridgehead atoms. The molecule has 1 heterocycles. The number of rotatable bonds is 3. The van der Waals surface area contributed by atoms with Gasteiger partial charge >= 0.3 is 0 Å². The minimum absolute atomic E-state index is 0.578. The molecule has 0 amide bonds. The van der Waals surface area contributed by atoms with E-state index in [1.807, 2.05) is 6.07 Å². The molecule has 66 valence electrons. The summed E-state index contributed by atoms with van der Waals surface area (Å²) >= 11 is 7.06. The lowest BCUT2D eigenvalue weighted by molar-refractivity contribution is 1.13. The van der Waals surface area contributed by atoms with Crippen LogP contribution in [0, 0.1) is 11.3 Å². The van der Waals surface area contributed by atoms with E-state index in [-0.39, 0.29) is 0 Å². The molecule has 1 rings (SSSR count). The van der Waals surface area contributed by atoms with Crippen molar-refractivity contribution in [3.63, 3.8) is 0 Å². The summed E-state index contributed by atoms with van der Waals surface area (Å²) in [7, 11) is 0. The van der Waals surface area contributed by atoms with Crippen molar-refractivity contribution in [2.75, 3.05) is 5.75 Å². The summed E-state index contributed by atoms with van der Waals surface area (Å²) in [6, 6.07) is 5.44. The molecule has 2 nitrogen and oxygen atoms in total. The van der Waals surface area contributed by atoms with Crippen molar-refractivity contribution < 1.29 is 0 Å². The van der Waals surface area contributed by atoms with Crippen LogP contribution in [-0.2, 0) is 0 Å². The van der Waals surface area contributed by atoms with Crippen molar-refractivity contribution in [1.82, 2.24) is 4.98 Å². The maximum Gasteiger partial charge on any atom is 0.0993 e. The second-order valence-electron chi connectivity index (χ2n) is 2.30. The molecule has 0 aliphatic carbocycles. The van der Waals surface area contributed by atoms with E-state index in [1.54, 1.807) is 18.3 Å². The number of nitrogens with zero attached hydrogens (tertiary/aromatic N) is 2. The van der Waals surface area contributed by atoms with Gasteiger partial charge in [0.25, 0.3) is 0 Å². The maximum absolute atomic E-state index is 8.61. The Kier molecular flexibility index (Phi) is 3.81. The van der Waals surface area contributed by atoms with Crippen molar-refractivity contribution >= 4 is 23.4 Å². The standard InChI is InChI=1S/C9H7ClN2S/c1-7(10)6-13-9-4-8(5-11)2-3-12-9/h2-4H,1,6H2. The van der Waals surface area contributed by atoms with Gasteiger partial charge in [0.15, 0.2) is 0 Å². The zero-order valence-electron chi connectivity index (χ0n) is 6.83. The summed E-state index contributed by atoms with van der Waals surface area (Å²) in [5.74, 6) is 0.615. The normalized spacial score (nSPS) is 9.23. The van der Waals surface area contributed by atoms with Gasteiger partial charge in [0.2, 0.25) is 0 Å². The number of nitriles is 1. The van der Waals surface area contributed by atoms with Crippen LogP contribution < -0.4 is 0 Å². The van der Waals surface area contributed by atoms with Crippen molar-refractivity contribution in [2.24, 2.45) is 0 Å². The fourth-order valence-electron chi connectivity index (χ4n) is 0.710. The lowest BCUT2D eigenvalue weighted by Gasteiger charge is -1.98. The SMILES string of the molecule is C=C(Cl)CSc1cc(C#N)ccn1. The summed E-state index contributed by atoms with van der Waals surface area (Å²) < 4.78 is 0. The quantitative estimate of drug-likeness (QED) is 0.720. The number of halogens is 1. The van der Waals surface area contributed by atoms with Gasteiger partial charge in [0.05, 0.1) is 16.7 Å². The molecule has 0 radical (unpaired) electrons. The first kappa shape index (κ1) is 10.1. The molecule has 0 unspecified atom stereocenters. The Balaban J connectivity index is 2.68. The molecule has 0 saturated carbocycles. The van der Waals surface area contributed by atoms with Crippen LogP contribution in [0.2, 0.25) is 0 Å². The van der Waals surface area contributed by atoms with E-state index in [2.05, 4.69) is 11.6 Å². The molecule has 0 aliphatic rings. The van der Waals surface area contributed by atoms with E-state index >= 15 is 0 Å². The Morgan fingerprint density at radius 3 is 3.15 bits per heavy atom. The zero-order valence-corrected chi connectivity index (χ0v) is 8.40. The molecular formula is C9H7ClN2S. The molecule has 0 aromatic carbocycles. The van der Waals surface area contributed by atoms with Gasteiger partial charge in [-0.2, -0.15) is 5.26 Å². The summed E-state index contributed by atoms with van der Waals surface area (Å²) in [4.78, 5) is 4.07. The number of hydrogen-bond acceptors (Lipinski definition) is 3. The first-order valence-electron chi connectivity index (χ1n) is 3.54. The van der Waals surface area contributed by atoms with Crippen molar-refractivity contribution in [1.29, 1.82) is 5.26 Å². The van der Waals surface area contributed by atoms with E-state index in [0.717, 1.165) is 5.03 Å². The Morgan fingerprint density at radius 2 is 2.54 bits per heavy atom. The van der Waals surface area contributed by atoms with Crippen LogP contribution in [0.15, 0.2) is 35.0 Å². The Hall–Kier alpha value is -0.980. The lowest BCUT2D eigenvalue weighted by Crippen LogP contribution is -1.83. The van der Waals surface area contributed by atoms with E-state index in [0.29, 0.717) is 16.3 Å². The van der Waals surface area contributed by atoms with Gasteiger partial charge in [-0.05, 0) is 12.1 Å². The highest BCUT2D eigenvalue weighted by molar-refractivity contribution is 7.99. The first-order valence-corrected chi connectivity index (χ1v) is 4.91. The van der Waals surface area contributed by atoms with Gasteiger partial charge in [0.1, 0.15) is 0 Å². The van der Waals surface area contributed by atoms with E-state index in [9.17, 15) is 0 Å². The number of hydrogen-bond donors (Lipinski definition) is 0. The van der Waals surface area contributed by atoms with Crippen molar-refractivity contribution in [3.05, 3.63) is 35.5 Å². The second-order valence-corrected chi connectivity index (χ2v) is 3.83. The Labute approximate surface area is 86.2 Å². The van der Waals surface area contributed by atoms with Crippen molar-refractivity contribution in [2.45, 2.75) is 5.03 Å². The highest BCUT2D eigenvalue weighted by Crippen LogP contribution is 2.19. The average Bonchev–Trinajstić information content (AvgIpc) is 2.15. The fraction of sp³-hybridized carbons (Fsp3) is 0.111. The van der Waals surface area contributed by atoms with Gasteiger partial charge < -0.3 is 0 Å². The number of pyridine rings is 1. The average molecular weight is 211 g/mol. The summed E-state index contributed by atoms with van der Waals surface area (Å²) in [5, 5.41) is 9.98. The number of thioether (sulfide) groups is 1. The molecule has 0 N–H and O–H groups in total. The monoisotopic (exact) mass is 210 g/mol. The van der Waals surface area contributed by atoms with Gasteiger partial charge in [-0.15, -0.1) is 11.8 Å². The lowest BCUT2D eigenvalue weighted by atomic mass is 10.3. The van der Waals surface area contributed by atoms with Crippen LogP contribution in [0.4, 0.5) is 0 Å². The van der Waals surface area contributed by atoms with Crippen LogP contribution in [0.5, 0.6) is 0 Å². The molecule has 0 fully saturated rings. The van der Waals surface area contributed by atoms with E-state index in [1.165, 1.54) is 11.8 Å². The molecule has 4 heteroatoms. The molecule has 0 spiro atoms. The molecule has 0 aliphatic heterocycles. The molecule has 0 atom stereocenters. The van der Waals surface area contributed by atoms with Gasteiger partial charge in [-0.25, -0.2) is 4.98 Å². The third-order valence-electron chi connectivity index (χ3n) is 1.24. The smallest absolute Gasteiger partial charge is 0.0993 e. The Bertz CT molecular complexity index is 357. The highest BCUT2D eigenvalue weighted by atomic mass is 35.5. The second kappa shape index (κ2) is 4.90. The minimum Gasteiger partial charge on any atom is -0.250 e. The van der Waals surface area contributed by atoms with Gasteiger partial charge in [-0.3, -0.25) is 0 Å². The van der Waals surface area contributed by atoms with Crippen molar-refractivity contribution in [3.8, 4) is 6.07 Å². The predicted octanol–water partition coefficient (Wildman–Crippen LogP) is 2.80. The molecule has 1 aromatic heterocycles. The van der Waals surface area contributed by atoms with E-state index in [4.69, 9.17) is 16.9 Å². The van der Waals surface area contributed by atoms with Crippen LogP contribution in [-0.4, -0.2) is 10.7 Å². The van der Waals surface area contributed by atoms with E-state index < -0.39 is 0 Å². The Morgan fingerprint density at radius 1 is 1.77 bits per heavy atom. The summed E-state index contributed by atoms with van der Waals surface area (Å²) in [5.41, 5.74) is 0.609. The molecule has 1 aromatic rings. The highest BCUT2D eigenvalue weighted by Gasteiger charge is 1.97. The topological polar surface area (TPSA) is 36.7 Å². The third kappa shape index (κ3) is 3.49. The summed E-state index contributed by atoms with van der Waals surface area (Å²) in [6.45, 7) is 3.56. The van der Waals surface area contributed by atoms with Crippen LogP contribution in [0.1, 0.15) is 5.56 Å². The van der Waals surface area contributed by atoms with Gasteiger partial charge in [0, 0.05) is 17.0 Å². The summed E-state index contributed by atoms with van der Waals surface area (Å²) in [6.07, 6.45) is 1.61. The zero-order chi connectivity index (χ0) is 9.68. The molecular weight excluding hydrogens is 204 g/mol.